The van der Waals surface area contributed by atoms with Gasteiger partial charge in [0.05, 0.1) is 5.92 Å². The van der Waals surface area contributed by atoms with Crippen LogP contribution in [0.25, 0.3) is 0 Å². The number of rotatable bonds is 7. The van der Waals surface area contributed by atoms with Gasteiger partial charge in [0.15, 0.2) is 0 Å². The molecule has 0 radical (unpaired) electrons. The first-order valence-corrected chi connectivity index (χ1v) is 8.16. The summed E-state index contributed by atoms with van der Waals surface area (Å²) in [7, 11) is 0. The first-order valence-electron chi connectivity index (χ1n) is 8.16. The largest absolute Gasteiger partial charge is 0.461 e. The van der Waals surface area contributed by atoms with E-state index in [2.05, 4.69) is 29.4 Å². The first kappa shape index (κ1) is 15.5. The molecule has 1 aliphatic rings. The fourth-order valence-electron chi connectivity index (χ4n) is 3.04. The minimum atomic E-state index is -0.125. The molecule has 2 aromatic rings. The molecule has 0 spiro atoms. The highest BCUT2D eigenvalue weighted by atomic mass is 16.5. The summed E-state index contributed by atoms with van der Waals surface area (Å²) in [5.41, 5.74) is 1.33. The molecule has 0 bridgehead atoms. The van der Waals surface area contributed by atoms with Crippen molar-refractivity contribution in [2.75, 3.05) is 6.61 Å². The van der Waals surface area contributed by atoms with Gasteiger partial charge >= 0.3 is 5.97 Å². The average molecular weight is 310 g/mol. The lowest BCUT2D eigenvalue weighted by Crippen LogP contribution is -2.24. The lowest BCUT2D eigenvalue weighted by molar-refractivity contribution is -0.147. The number of nitrogens with zero attached hydrogens (tertiary/aromatic N) is 2. The standard InChI is InChI=1S/C19H22N2O2/c22-19-18(8-4-13-23-19)14-17(15-21-12-5-11-20-21)10-9-16-6-2-1-3-7-16/h1-8,11-12,17-18H,9-10,13-15H2. The smallest absolute Gasteiger partial charge is 0.313 e. The maximum Gasteiger partial charge on any atom is 0.313 e. The van der Waals surface area contributed by atoms with E-state index in [4.69, 9.17) is 4.74 Å². The molecule has 1 aromatic carbocycles. The molecule has 2 atom stereocenters. The second-order valence-corrected chi connectivity index (χ2v) is 6.02. The van der Waals surface area contributed by atoms with Crippen LogP contribution in [0.5, 0.6) is 0 Å². The molecule has 0 N–H and O–H groups in total. The monoisotopic (exact) mass is 310 g/mol. The quantitative estimate of drug-likeness (QED) is 0.582. The van der Waals surface area contributed by atoms with Crippen LogP contribution in [0.3, 0.4) is 0 Å². The molecule has 3 rings (SSSR count). The zero-order valence-electron chi connectivity index (χ0n) is 13.2. The van der Waals surface area contributed by atoms with Crippen LogP contribution in [0.1, 0.15) is 18.4 Å². The Morgan fingerprint density at radius 3 is 2.87 bits per heavy atom. The molecule has 23 heavy (non-hydrogen) atoms. The van der Waals surface area contributed by atoms with Gasteiger partial charge in [0, 0.05) is 18.9 Å². The third kappa shape index (κ3) is 4.55. The molecule has 120 valence electrons. The number of ether oxygens (including phenoxy) is 1. The lowest BCUT2D eigenvalue weighted by Gasteiger charge is -2.22. The van der Waals surface area contributed by atoms with E-state index in [0.717, 1.165) is 25.8 Å². The Labute approximate surface area is 136 Å². The van der Waals surface area contributed by atoms with Gasteiger partial charge in [0.2, 0.25) is 0 Å². The molecule has 1 aliphatic heterocycles. The van der Waals surface area contributed by atoms with Crippen molar-refractivity contribution < 1.29 is 9.53 Å². The molecule has 2 unspecified atom stereocenters. The summed E-state index contributed by atoms with van der Waals surface area (Å²) in [5, 5.41) is 4.31. The van der Waals surface area contributed by atoms with E-state index in [1.165, 1.54) is 5.56 Å². The molecule has 4 nitrogen and oxygen atoms in total. The Kier molecular flexibility index (Phi) is 5.25. The van der Waals surface area contributed by atoms with E-state index in [0.29, 0.717) is 12.5 Å². The van der Waals surface area contributed by atoms with E-state index in [9.17, 15) is 4.79 Å². The zero-order valence-corrected chi connectivity index (χ0v) is 13.2. The van der Waals surface area contributed by atoms with Crippen molar-refractivity contribution >= 4 is 5.97 Å². The van der Waals surface area contributed by atoms with Crippen molar-refractivity contribution in [2.24, 2.45) is 11.8 Å². The van der Waals surface area contributed by atoms with Crippen LogP contribution >= 0.6 is 0 Å². The van der Waals surface area contributed by atoms with Crippen LogP contribution in [-0.2, 0) is 22.5 Å². The number of cyclic esters (lactones) is 1. The molecule has 4 heteroatoms. The second kappa shape index (κ2) is 7.77. The van der Waals surface area contributed by atoms with E-state index in [1.54, 1.807) is 6.20 Å². The minimum absolute atomic E-state index is 0.0994. The number of hydrogen-bond acceptors (Lipinski definition) is 3. The van der Waals surface area contributed by atoms with Gasteiger partial charge < -0.3 is 4.74 Å². The van der Waals surface area contributed by atoms with Crippen LogP contribution in [0.2, 0.25) is 0 Å². The molecular formula is C19H22N2O2. The van der Waals surface area contributed by atoms with Gasteiger partial charge in [-0.25, -0.2) is 0 Å². The predicted octanol–water partition coefficient (Wildman–Crippen LogP) is 3.25. The molecule has 0 saturated carbocycles. The molecule has 1 aromatic heterocycles. The minimum Gasteiger partial charge on any atom is -0.461 e. The third-order valence-corrected chi connectivity index (χ3v) is 4.27. The Morgan fingerprint density at radius 1 is 1.26 bits per heavy atom. The summed E-state index contributed by atoms with van der Waals surface area (Å²) in [6.45, 7) is 1.24. The molecular weight excluding hydrogens is 288 g/mol. The predicted molar refractivity (Wildman–Crippen MR) is 88.7 cm³/mol. The fourth-order valence-corrected chi connectivity index (χ4v) is 3.04. The van der Waals surface area contributed by atoms with Gasteiger partial charge in [-0.1, -0.05) is 42.5 Å². The lowest BCUT2D eigenvalue weighted by atomic mass is 9.89. The maximum atomic E-state index is 11.9. The van der Waals surface area contributed by atoms with E-state index in [1.807, 2.05) is 35.2 Å². The van der Waals surface area contributed by atoms with Crippen molar-refractivity contribution in [3.63, 3.8) is 0 Å². The highest BCUT2D eigenvalue weighted by Crippen LogP contribution is 2.23. The number of hydrogen-bond donors (Lipinski definition) is 0. The molecule has 0 saturated heterocycles. The second-order valence-electron chi connectivity index (χ2n) is 6.02. The molecule has 0 fully saturated rings. The first-order chi connectivity index (χ1) is 11.3. The zero-order chi connectivity index (χ0) is 15.9. The number of carbonyl (C=O) groups is 1. The normalized spacial score (nSPS) is 18.6. The molecule has 0 amide bonds. The van der Waals surface area contributed by atoms with Gasteiger partial charge in [-0.05, 0) is 36.8 Å². The highest BCUT2D eigenvalue weighted by molar-refractivity contribution is 5.75. The highest BCUT2D eigenvalue weighted by Gasteiger charge is 2.24. The van der Waals surface area contributed by atoms with Crippen LogP contribution < -0.4 is 0 Å². The Morgan fingerprint density at radius 2 is 2.13 bits per heavy atom. The van der Waals surface area contributed by atoms with Gasteiger partial charge in [-0.15, -0.1) is 0 Å². The van der Waals surface area contributed by atoms with E-state index >= 15 is 0 Å². The van der Waals surface area contributed by atoms with Crippen LogP contribution in [0.15, 0.2) is 60.9 Å². The average Bonchev–Trinajstić information content (AvgIpc) is 3.09. The Hall–Kier alpha value is -2.36. The summed E-state index contributed by atoms with van der Waals surface area (Å²) in [5.74, 6) is 0.160. The summed E-state index contributed by atoms with van der Waals surface area (Å²) in [6, 6.07) is 12.4. The van der Waals surface area contributed by atoms with Crippen molar-refractivity contribution in [1.82, 2.24) is 9.78 Å². The SMILES string of the molecule is O=C1OCC=CC1CC(CCc1ccccc1)Cn1cccn1. The molecule has 0 aliphatic carbocycles. The van der Waals surface area contributed by atoms with Gasteiger partial charge in [-0.3, -0.25) is 9.48 Å². The Bertz CT molecular complexity index is 635. The molecule has 2 heterocycles. The van der Waals surface area contributed by atoms with Crippen molar-refractivity contribution in [2.45, 2.75) is 25.8 Å². The summed E-state index contributed by atoms with van der Waals surface area (Å²) >= 11 is 0. The topological polar surface area (TPSA) is 44.1 Å². The number of aromatic nitrogens is 2. The number of benzene rings is 1. The summed E-state index contributed by atoms with van der Waals surface area (Å²) in [4.78, 5) is 11.9. The van der Waals surface area contributed by atoms with Crippen molar-refractivity contribution in [3.8, 4) is 0 Å². The summed E-state index contributed by atoms with van der Waals surface area (Å²) < 4.78 is 7.09. The van der Waals surface area contributed by atoms with Crippen LogP contribution in [0, 0.1) is 11.8 Å². The number of esters is 1. The number of aryl methyl sites for hydroxylation is 1. The Balaban J connectivity index is 1.64. The fraction of sp³-hybridized carbons (Fsp3) is 0.368. The van der Waals surface area contributed by atoms with Crippen molar-refractivity contribution in [1.29, 1.82) is 0 Å². The van der Waals surface area contributed by atoms with Gasteiger partial charge in [0.1, 0.15) is 6.61 Å². The number of carbonyl (C=O) groups excluding carboxylic acids is 1. The third-order valence-electron chi connectivity index (χ3n) is 4.27. The van der Waals surface area contributed by atoms with Crippen LogP contribution in [0.4, 0.5) is 0 Å². The maximum absolute atomic E-state index is 11.9. The van der Waals surface area contributed by atoms with Crippen LogP contribution in [-0.4, -0.2) is 22.4 Å². The van der Waals surface area contributed by atoms with E-state index < -0.39 is 0 Å². The van der Waals surface area contributed by atoms with Gasteiger partial charge in [-0.2, -0.15) is 5.10 Å². The van der Waals surface area contributed by atoms with Crippen molar-refractivity contribution in [3.05, 3.63) is 66.5 Å². The van der Waals surface area contributed by atoms with E-state index in [-0.39, 0.29) is 11.9 Å². The summed E-state index contributed by atoms with van der Waals surface area (Å²) in [6.07, 6.45) is 10.5. The van der Waals surface area contributed by atoms with Gasteiger partial charge in [0.25, 0.3) is 0 Å².